The van der Waals surface area contributed by atoms with Gasteiger partial charge in [0.2, 0.25) is 8.32 Å². The highest BCUT2D eigenvalue weighted by atomic mass is 28.4. The Bertz CT molecular complexity index is 369. The normalized spacial score (nSPS) is 21.5. The Kier molecular flexibility index (Phi) is 6.09. The van der Waals surface area contributed by atoms with Gasteiger partial charge in [-0.05, 0) is 75.9 Å². The third-order valence-electron chi connectivity index (χ3n) is 5.41. The van der Waals surface area contributed by atoms with Gasteiger partial charge in [0.25, 0.3) is 0 Å². The van der Waals surface area contributed by atoms with E-state index in [0.717, 1.165) is 0 Å². The number of rotatable bonds is 6. The minimum Gasteiger partial charge on any atom is -0.458 e. The van der Waals surface area contributed by atoms with Crippen LogP contribution >= 0.6 is 0 Å². The molecule has 1 nitrogen and oxygen atoms in total. The molecule has 0 aromatic rings. The zero-order chi connectivity index (χ0) is 15.3. The van der Waals surface area contributed by atoms with E-state index in [1.165, 1.54) is 57.4 Å². The highest BCUT2D eigenvalue weighted by Gasteiger charge is 2.30. The van der Waals surface area contributed by atoms with Crippen molar-refractivity contribution >= 4 is 18.1 Å². The molecule has 0 spiro atoms. The summed E-state index contributed by atoms with van der Waals surface area (Å²) < 4.78 is 6.58. The predicted molar refractivity (Wildman–Crippen MR) is 98.8 cm³/mol. The summed E-state index contributed by atoms with van der Waals surface area (Å²) in [7, 11) is -1.96. The van der Waals surface area contributed by atoms with E-state index in [9.17, 15) is 0 Å². The molecule has 0 heterocycles. The van der Waals surface area contributed by atoms with Crippen molar-refractivity contribution in [1.29, 1.82) is 0 Å². The first-order valence-electron chi connectivity index (χ1n) is 8.95. The second-order valence-corrected chi connectivity index (χ2v) is 13.7. The Morgan fingerprint density at radius 1 is 1.05 bits per heavy atom. The lowest BCUT2D eigenvalue weighted by Gasteiger charge is -2.33. The summed E-state index contributed by atoms with van der Waals surface area (Å²) in [4.78, 5) is 0. The average Bonchev–Trinajstić information content (AvgIpc) is 2.49. The third kappa shape index (κ3) is 4.93. The van der Waals surface area contributed by atoms with E-state index in [2.05, 4.69) is 39.1 Å². The molecule has 0 radical (unpaired) electrons. The summed E-state index contributed by atoms with van der Waals surface area (Å²) in [5.41, 5.74) is 2.10. The van der Waals surface area contributed by atoms with E-state index >= 15 is 0 Å². The van der Waals surface area contributed by atoms with Gasteiger partial charge in [0.1, 0.15) is 9.76 Å². The molecule has 3 heteroatoms. The van der Waals surface area contributed by atoms with Crippen LogP contribution in [0.4, 0.5) is 0 Å². The minimum atomic E-state index is -1.55. The fourth-order valence-corrected chi connectivity index (χ4v) is 9.09. The molecule has 0 aromatic carbocycles. The Morgan fingerprint density at radius 2 is 1.71 bits per heavy atom. The third-order valence-corrected chi connectivity index (χ3v) is 12.6. The summed E-state index contributed by atoms with van der Waals surface area (Å²) in [6.07, 6.45) is 15.8. The zero-order valence-electron chi connectivity index (χ0n) is 14.6. The van der Waals surface area contributed by atoms with Crippen molar-refractivity contribution in [3.8, 4) is 0 Å². The van der Waals surface area contributed by atoms with Gasteiger partial charge in [0, 0.05) is 0 Å². The van der Waals surface area contributed by atoms with Crippen LogP contribution in [-0.4, -0.2) is 18.1 Å². The van der Waals surface area contributed by atoms with Crippen molar-refractivity contribution in [2.75, 3.05) is 0 Å². The Balaban J connectivity index is 1.85. The predicted octanol–water partition coefficient (Wildman–Crippen LogP) is 5.28. The summed E-state index contributed by atoms with van der Waals surface area (Å²) in [6, 6.07) is 1.31. The van der Waals surface area contributed by atoms with Gasteiger partial charge in [0.15, 0.2) is 0 Å². The lowest BCUT2D eigenvalue weighted by atomic mass is 9.80. The number of hydrogen-bond donors (Lipinski definition) is 0. The molecular weight excluding hydrogens is 288 g/mol. The van der Waals surface area contributed by atoms with Crippen LogP contribution in [0.5, 0.6) is 0 Å². The first-order valence-corrected chi connectivity index (χ1v) is 13.4. The van der Waals surface area contributed by atoms with E-state index < -0.39 is 18.1 Å². The van der Waals surface area contributed by atoms with Crippen molar-refractivity contribution in [3.05, 3.63) is 22.9 Å². The smallest absolute Gasteiger partial charge is 0.201 e. The van der Waals surface area contributed by atoms with Gasteiger partial charge in [-0.3, -0.25) is 0 Å². The minimum absolute atomic E-state index is 0.387. The molecule has 2 rings (SSSR count). The van der Waals surface area contributed by atoms with Gasteiger partial charge in [0.05, 0.1) is 0 Å². The van der Waals surface area contributed by atoms with Gasteiger partial charge < -0.3 is 4.12 Å². The van der Waals surface area contributed by atoms with Crippen molar-refractivity contribution in [2.24, 2.45) is 5.41 Å². The second-order valence-electron chi connectivity index (χ2n) is 7.94. The monoisotopic (exact) mass is 322 g/mol. The van der Waals surface area contributed by atoms with E-state index in [1.807, 2.05) is 0 Å². The largest absolute Gasteiger partial charge is 0.458 e. The molecule has 21 heavy (non-hydrogen) atoms. The maximum Gasteiger partial charge on any atom is 0.201 e. The summed E-state index contributed by atoms with van der Waals surface area (Å²) in [5, 5.41) is 1.69. The number of hydrogen-bond acceptors (Lipinski definition) is 1. The van der Waals surface area contributed by atoms with Crippen LogP contribution in [-0.2, 0) is 4.12 Å². The average molecular weight is 323 g/mol. The fourth-order valence-electron chi connectivity index (χ4n) is 3.65. The van der Waals surface area contributed by atoms with E-state index in [0.29, 0.717) is 5.41 Å². The van der Waals surface area contributed by atoms with Crippen LogP contribution in [0.15, 0.2) is 22.9 Å². The maximum absolute atomic E-state index is 6.58. The Hall–Kier alpha value is -0.126. The molecule has 0 unspecified atom stereocenters. The Labute approximate surface area is 135 Å². The molecule has 0 aromatic heterocycles. The lowest BCUT2D eigenvalue weighted by molar-refractivity contribution is 0.441. The standard InChI is InChI=1S/C18H34OSi2/c1-18(2,16-11-7-5-8-12-16)15-20-19-21(3,4)17-13-9-6-10-14-17/h11,13H,5-10,12,14-15,20H2,1-4H3. The van der Waals surface area contributed by atoms with Crippen molar-refractivity contribution in [2.45, 2.75) is 84.4 Å². The summed E-state index contributed by atoms with van der Waals surface area (Å²) in [6.45, 7) is 9.72. The lowest BCUT2D eigenvalue weighted by Crippen LogP contribution is -2.37. The van der Waals surface area contributed by atoms with Gasteiger partial charge >= 0.3 is 0 Å². The zero-order valence-corrected chi connectivity index (χ0v) is 17.0. The summed E-state index contributed by atoms with van der Waals surface area (Å²) in [5.74, 6) is 0. The van der Waals surface area contributed by atoms with Crippen molar-refractivity contribution in [3.63, 3.8) is 0 Å². The molecular formula is C18H34OSi2. The molecule has 0 amide bonds. The van der Waals surface area contributed by atoms with Crippen LogP contribution in [0.1, 0.15) is 65.2 Å². The molecule has 120 valence electrons. The maximum atomic E-state index is 6.58. The molecule has 0 bridgehead atoms. The highest BCUT2D eigenvalue weighted by Crippen LogP contribution is 2.37. The Morgan fingerprint density at radius 3 is 2.29 bits per heavy atom. The van der Waals surface area contributed by atoms with Gasteiger partial charge in [-0.1, -0.05) is 36.8 Å². The highest BCUT2D eigenvalue weighted by molar-refractivity contribution is 6.81. The molecule has 0 fully saturated rings. The summed E-state index contributed by atoms with van der Waals surface area (Å²) >= 11 is 0. The molecule has 0 saturated carbocycles. The topological polar surface area (TPSA) is 9.23 Å². The number of allylic oxidation sites excluding steroid dienone is 4. The molecule has 0 aliphatic heterocycles. The van der Waals surface area contributed by atoms with Crippen LogP contribution in [0.3, 0.4) is 0 Å². The molecule has 0 N–H and O–H groups in total. The fraction of sp³-hybridized carbons (Fsp3) is 0.778. The van der Waals surface area contributed by atoms with Crippen molar-refractivity contribution < 1.29 is 4.12 Å². The SMILES string of the molecule is CC(C)(C[SiH2]O[Si](C)(C)C1=CCCCC1)C1=CCCCC1. The van der Waals surface area contributed by atoms with Gasteiger partial charge in [-0.15, -0.1) is 0 Å². The van der Waals surface area contributed by atoms with Gasteiger partial charge in [-0.25, -0.2) is 0 Å². The van der Waals surface area contributed by atoms with Crippen molar-refractivity contribution in [1.82, 2.24) is 0 Å². The van der Waals surface area contributed by atoms with Crippen LogP contribution < -0.4 is 0 Å². The van der Waals surface area contributed by atoms with E-state index in [1.54, 1.807) is 10.8 Å². The first-order chi connectivity index (χ1) is 9.92. The molecule has 2 aliphatic carbocycles. The van der Waals surface area contributed by atoms with E-state index in [-0.39, 0.29) is 0 Å². The van der Waals surface area contributed by atoms with Crippen LogP contribution in [0.2, 0.25) is 19.1 Å². The quantitative estimate of drug-likeness (QED) is 0.478. The van der Waals surface area contributed by atoms with E-state index in [4.69, 9.17) is 4.12 Å². The van der Waals surface area contributed by atoms with Crippen LogP contribution in [0.25, 0.3) is 0 Å². The molecule has 2 aliphatic rings. The molecule has 0 atom stereocenters. The molecule has 0 saturated heterocycles. The first kappa shape index (κ1) is 17.2. The van der Waals surface area contributed by atoms with Crippen LogP contribution in [0, 0.1) is 5.41 Å². The second kappa shape index (κ2) is 7.43. The van der Waals surface area contributed by atoms with Gasteiger partial charge in [-0.2, -0.15) is 0 Å².